The van der Waals surface area contributed by atoms with Gasteiger partial charge in [-0.05, 0) is 25.2 Å². The zero-order chi connectivity index (χ0) is 14.5. The average molecular weight is 277 g/mol. The average Bonchev–Trinajstić information content (AvgIpc) is 2.72. The molecule has 0 spiro atoms. The van der Waals surface area contributed by atoms with Crippen LogP contribution in [-0.4, -0.2) is 23.1 Å². The highest BCUT2D eigenvalue weighted by molar-refractivity contribution is 5.49. The van der Waals surface area contributed by atoms with Crippen molar-refractivity contribution in [1.82, 2.24) is 9.97 Å². The molecule has 2 rings (SSSR count). The molecule has 0 saturated carbocycles. The van der Waals surface area contributed by atoms with Gasteiger partial charge in [-0.3, -0.25) is 0 Å². The standard InChI is InChI=1S/C15H27N5/c1-4-12-6-5-8-20(9-7-12)14-10-13(19-16)17-15(18-14)11(2)3/h10-12H,4-9,16H2,1-3H3,(H,17,18,19). The molecule has 1 atom stereocenters. The monoisotopic (exact) mass is 277 g/mol. The van der Waals surface area contributed by atoms with Gasteiger partial charge in [0.2, 0.25) is 0 Å². The van der Waals surface area contributed by atoms with Crippen molar-refractivity contribution in [3.05, 3.63) is 11.9 Å². The van der Waals surface area contributed by atoms with Gasteiger partial charge in [0, 0.05) is 25.1 Å². The van der Waals surface area contributed by atoms with E-state index in [0.717, 1.165) is 30.6 Å². The molecule has 112 valence electrons. The van der Waals surface area contributed by atoms with Gasteiger partial charge in [-0.1, -0.05) is 27.2 Å². The molecule has 1 aliphatic rings. The summed E-state index contributed by atoms with van der Waals surface area (Å²) in [5, 5.41) is 0. The summed E-state index contributed by atoms with van der Waals surface area (Å²) >= 11 is 0. The number of anilines is 2. The summed E-state index contributed by atoms with van der Waals surface area (Å²) in [5.74, 6) is 9.26. The van der Waals surface area contributed by atoms with Crippen molar-refractivity contribution in [3.8, 4) is 0 Å². The first-order chi connectivity index (χ1) is 9.63. The van der Waals surface area contributed by atoms with E-state index in [1.807, 2.05) is 6.07 Å². The lowest BCUT2D eigenvalue weighted by molar-refractivity contribution is 0.459. The van der Waals surface area contributed by atoms with Crippen LogP contribution in [0.1, 0.15) is 58.2 Å². The van der Waals surface area contributed by atoms with Gasteiger partial charge in [0.05, 0.1) is 0 Å². The van der Waals surface area contributed by atoms with E-state index in [-0.39, 0.29) is 0 Å². The minimum atomic E-state index is 0.303. The van der Waals surface area contributed by atoms with Crippen LogP contribution < -0.4 is 16.2 Å². The van der Waals surface area contributed by atoms with Gasteiger partial charge in [0.1, 0.15) is 17.5 Å². The molecule has 2 heterocycles. The Balaban J connectivity index is 2.20. The Kier molecular flexibility index (Phi) is 5.17. The van der Waals surface area contributed by atoms with E-state index in [0.29, 0.717) is 11.7 Å². The number of hydrazine groups is 1. The first-order valence-corrected chi connectivity index (χ1v) is 7.74. The van der Waals surface area contributed by atoms with E-state index in [4.69, 9.17) is 10.8 Å². The number of nitrogens with two attached hydrogens (primary N) is 1. The van der Waals surface area contributed by atoms with Crippen molar-refractivity contribution in [1.29, 1.82) is 0 Å². The topological polar surface area (TPSA) is 67.1 Å². The molecule has 1 aliphatic heterocycles. The Bertz CT molecular complexity index is 432. The van der Waals surface area contributed by atoms with Gasteiger partial charge in [0.15, 0.2) is 0 Å². The molecule has 1 saturated heterocycles. The number of nitrogens with one attached hydrogen (secondary N) is 1. The largest absolute Gasteiger partial charge is 0.356 e. The highest BCUT2D eigenvalue weighted by Crippen LogP contribution is 2.25. The number of aromatic nitrogens is 2. The van der Waals surface area contributed by atoms with Crippen LogP contribution in [-0.2, 0) is 0 Å². The maximum Gasteiger partial charge on any atom is 0.145 e. The van der Waals surface area contributed by atoms with Gasteiger partial charge in [-0.15, -0.1) is 0 Å². The van der Waals surface area contributed by atoms with E-state index in [2.05, 4.69) is 36.1 Å². The van der Waals surface area contributed by atoms with Gasteiger partial charge in [-0.2, -0.15) is 0 Å². The maximum atomic E-state index is 5.53. The zero-order valence-corrected chi connectivity index (χ0v) is 12.9. The second kappa shape index (κ2) is 6.88. The third-order valence-corrected chi connectivity index (χ3v) is 4.14. The summed E-state index contributed by atoms with van der Waals surface area (Å²) in [7, 11) is 0. The van der Waals surface area contributed by atoms with Gasteiger partial charge < -0.3 is 10.3 Å². The Hall–Kier alpha value is -1.36. The van der Waals surface area contributed by atoms with Gasteiger partial charge in [0.25, 0.3) is 0 Å². The van der Waals surface area contributed by atoms with Crippen molar-refractivity contribution in [2.45, 2.75) is 52.4 Å². The molecule has 5 nitrogen and oxygen atoms in total. The predicted molar refractivity (Wildman–Crippen MR) is 83.8 cm³/mol. The van der Waals surface area contributed by atoms with Crippen LogP contribution in [0.2, 0.25) is 0 Å². The summed E-state index contributed by atoms with van der Waals surface area (Å²) in [5.41, 5.74) is 2.66. The quantitative estimate of drug-likeness (QED) is 0.654. The van der Waals surface area contributed by atoms with Crippen molar-refractivity contribution >= 4 is 11.6 Å². The van der Waals surface area contributed by atoms with Crippen LogP contribution in [0.4, 0.5) is 11.6 Å². The molecule has 0 amide bonds. The fourth-order valence-corrected chi connectivity index (χ4v) is 2.75. The van der Waals surface area contributed by atoms with E-state index in [9.17, 15) is 0 Å². The summed E-state index contributed by atoms with van der Waals surface area (Å²) < 4.78 is 0. The van der Waals surface area contributed by atoms with Crippen molar-refractivity contribution in [2.24, 2.45) is 11.8 Å². The number of hydrogen-bond donors (Lipinski definition) is 2. The minimum Gasteiger partial charge on any atom is -0.356 e. The molecular formula is C15H27N5. The maximum absolute atomic E-state index is 5.53. The Morgan fingerprint density at radius 3 is 2.80 bits per heavy atom. The predicted octanol–water partition coefficient (Wildman–Crippen LogP) is 2.90. The number of rotatable bonds is 4. The lowest BCUT2D eigenvalue weighted by Crippen LogP contribution is -2.26. The molecule has 5 heteroatoms. The highest BCUT2D eigenvalue weighted by atomic mass is 15.3. The van der Waals surface area contributed by atoms with Crippen LogP contribution in [0.5, 0.6) is 0 Å². The second-order valence-corrected chi connectivity index (χ2v) is 5.96. The summed E-state index contributed by atoms with van der Waals surface area (Å²) in [6, 6.07) is 1.96. The van der Waals surface area contributed by atoms with Crippen LogP contribution in [0.25, 0.3) is 0 Å². The third kappa shape index (κ3) is 3.60. The molecule has 0 radical (unpaired) electrons. The molecule has 0 aromatic carbocycles. The van der Waals surface area contributed by atoms with Crippen LogP contribution in [0.15, 0.2) is 6.07 Å². The lowest BCUT2D eigenvalue weighted by atomic mass is 9.98. The second-order valence-electron chi connectivity index (χ2n) is 5.96. The fraction of sp³-hybridized carbons (Fsp3) is 0.733. The van der Waals surface area contributed by atoms with E-state index in [1.165, 1.54) is 25.7 Å². The molecule has 1 aromatic heterocycles. The highest BCUT2D eigenvalue weighted by Gasteiger charge is 2.18. The normalized spacial score (nSPS) is 20.1. The Morgan fingerprint density at radius 2 is 2.15 bits per heavy atom. The van der Waals surface area contributed by atoms with Crippen LogP contribution >= 0.6 is 0 Å². The lowest BCUT2D eigenvalue weighted by Gasteiger charge is -2.23. The summed E-state index contributed by atoms with van der Waals surface area (Å²) in [4.78, 5) is 11.5. The number of hydrogen-bond acceptors (Lipinski definition) is 5. The summed E-state index contributed by atoms with van der Waals surface area (Å²) in [6.07, 6.45) is 5.11. The van der Waals surface area contributed by atoms with Crippen molar-refractivity contribution in [2.75, 3.05) is 23.4 Å². The molecule has 20 heavy (non-hydrogen) atoms. The summed E-state index contributed by atoms with van der Waals surface area (Å²) in [6.45, 7) is 8.66. The molecule has 3 N–H and O–H groups in total. The third-order valence-electron chi connectivity index (χ3n) is 4.14. The van der Waals surface area contributed by atoms with Crippen molar-refractivity contribution < 1.29 is 0 Å². The number of nitrogens with zero attached hydrogens (tertiary/aromatic N) is 3. The molecule has 1 fully saturated rings. The zero-order valence-electron chi connectivity index (χ0n) is 12.9. The van der Waals surface area contributed by atoms with Crippen LogP contribution in [0, 0.1) is 5.92 Å². The van der Waals surface area contributed by atoms with E-state index in [1.54, 1.807) is 0 Å². The van der Waals surface area contributed by atoms with E-state index >= 15 is 0 Å². The van der Waals surface area contributed by atoms with Crippen LogP contribution in [0.3, 0.4) is 0 Å². The fourth-order valence-electron chi connectivity index (χ4n) is 2.75. The smallest absolute Gasteiger partial charge is 0.145 e. The molecule has 1 unspecified atom stereocenters. The van der Waals surface area contributed by atoms with Gasteiger partial charge in [-0.25, -0.2) is 15.8 Å². The molecule has 1 aromatic rings. The van der Waals surface area contributed by atoms with Crippen molar-refractivity contribution in [3.63, 3.8) is 0 Å². The van der Waals surface area contributed by atoms with Gasteiger partial charge >= 0.3 is 0 Å². The minimum absolute atomic E-state index is 0.303. The molecular weight excluding hydrogens is 250 g/mol. The molecule has 0 bridgehead atoms. The van der Waals surface area contributed by atoms with E-state index < -0.39 is 0 Å². The number of nitrogen functional groups attached to an aromatic ring is 1. The Labute approximate surface area is 121 Å². The Morgan fingerprint density at radius 1 is 1.35 bits per heavy atom. The molecule has 0 aliphatic carbocycles. The SMILES string of the molecule is CCC1CCCN(c2cc(NN)nc(C(C)C)n2)CC1. The first kappa shape index (κ1) is 15.0. The first-order valence-electron chi connectivity index (χ1n) is 7.74.